The fourth-order valence-electron chi connectivity index (χ4n) is 2.50. The predicted octanol–water partition coefficient (Wildman–Crippen LogP) is 2.91. The van der Waals surface area contributed by atoms with Crippen molar-refractivity contribution in [3.8, 4) is 11.3 Å². The van der Waals surface area contributed by atoms with Gasteiger partial charge in [-0.3, -0.25) is 4.79 Å². The molecule has 1 atom stereocenters. The van der Waals surface area contributed by atoms with Crippen molar-refractivity contribution in [3.05, 3.63) is 77.8 Å². The molecule has 0 radical (unpaired) electrons. The first-order chi connectivity index (χ1) is 12.5. The van der Waals surface area contributed by atoms with Gasteiger partial charge in [0, 0.05) is 12.0 Å². The molecule has 0 bridgehead atoms. The zero-order chi connectivity index (χ0) is 18.5. The van der Waals surface area contributed by atoms with E-state index in [0.29, 0.717) is 5.56 Å². The maximum absolute atomic E-state index is 13.1. The Morgan fingerprint density at radius 2 is 1.81 bits per heavy atom. The molecule has 0 saturated heterocycles. The van der Waals surface area contributed by atoms with Crippen molar-refractivity contribution >= 4 is 11.9 Å². The van der Waals surface area contributed by atoms with Crippen molar-refractivity contribution in [2.45, 2.75) is 12.5 Å². The van der Waals surface area contributed by atoms with E-state index in [1.165, 1.54) is 24.3 Å². The highest BCUT2D eigenvalue weighted by atomic mass is 19.1. The van der Waals surface area contributed by atoms with Crippen LogP contribution in [0.5, 0.6) is 0 Å². The van der Waals surface area contributed by atoms with E-state index >= 15 is 0 Å². The van der Waals surface area contributed by atoms with Gasteiger partial charge in [-0.05, 0) is 29.8 Å². The van der Waals surface area contributed by atoms with Gasteiger partial charge in [-0.15, -0.1) is 0 Å². The lowest BCUT2D eigenvalue weighted by molar-refractivity contribution is -0.139. The molecule has 0 spiro atoms. The molecule has 1 amide bonds. The molecule has 0 saturated carbocycles. The maximum Gasteiger partial charge on any atom is 0.326 e. The van der Waals surface area contributed by atoms with Crippen LogP contribution < -0.4 is 5.32 Å². The minimum Gasteiger partial charge on any atom is -0.480 e. The summed E-state index contributed by atoms with van der Waals surface area (Å²) >= 11 is 0. The molecule has 0 fully saturated rings. The molecule has 0 unspecified atom stereocenters. The van der Waals surface area contributed by atoms with Crippen molar-refractivity contribution in [3.63, 3.8) is 0 Å². The summed E-state index contributed by atoms with van der Waals surface area (Å²) in [7, 11) is 0. The third-order valence-corrected chi connectivity index (χ3v) is 3.82. The Labute approximate surface area is 148 Å². The highest BCUT2D eigenvalue weighted by Crippen LogP contribution is 2.22. The molecule has 0 aliphatic carbocycles. The molecular weight excluding hydrogens is 339 g/mol. The molecule has 0 aliphatic rings. The summed E-state index contributed by atoms with van der Waals surface area (Å²) in [5.41, 5.74) is 1.56. The normalized spacial score (nSPS) is 11.7. The van der Waals surface area contributed by atoms with E-state index in [9.17, 15) is 19.1 Å². The number of carbonyl (C=O) groups is 2. The van der Waals surface area contributed by atoms with E-state index in [4.69, 9.17) is 4.52 Å². The molecule has 2 aromatic carbocycles. The monoisotopic (exact) mass is 354 g/mol. The van der Waals surface area contributed by atoms with Gasteiger partial charge in [-0.25, -0.2) is 9.18 Å². The van der Waals surface area contributed by atoms with Crippen molar-refractivity contribution in [1.29, 1.82) is 0 Å². The van der Waals surface area contributed by atoms with Gasteiger partial charge in [-0.1, -0.05) is 35.5 Å². The number of aromatic nitrogens is 1. The lowest BCUT2D eigenvalue weighted by Crippen LogP contribution is -2.42. The van der Waals surface area contributed by atoms with Gasteiger partial charge in [-0.2, -0.15) is 0 Å². The van der Waals surface area contributed by atoms with Gasteiger partial charge in [0.1, 0.15) is 29.4 Å². The van der Waals surface area contributed by atoms with Crippen LogP contribution in [0, 0.1) is 5.82 Å². The van der Waals surface area contributed by atoms with E-state index in [-0.39, 0.29) is 17.7 Å². The number of halogens is 1. The average Bonchev–Trinajstić information content (AvgIpc) is 3.12. The quantitative estimate of drug-likeness (QED) is 0.710. The lowest BCUT2D eigenvalue weighted by atomic mass is 10.0. The standard InChI is InChI=1S/C19H15FN2O4/c20-14-8-6-13(7-9-14)17-15(11-26-22-17)18(23)21-16(19(24)25)10-12-4-2-1-3-5-12/h1-9,11,16H,10H2,(H,21,23)(H,24,25)/t16-/m0/s1. The Morgan fingerprint density at radius 3 is 2.46 bits per heavy atom. The van der Waals surface area contributed by atoms with Crippen molar-refractivity contribution in [2.24, 2.45) is 0 Å². The molecular formula is C19H15FN2O4. The number of amides is 1. The molecule has 132 valence electrons. The summed E-state index contributed by atoms with van der Waals surface area (Å²) < 4.78 is 17.9. The van der Waals surface area contributed by atoms with Crippen molar-refractivity contribution in [2.75, 3.05) is 0 Å². The number of rotatable bonds is 6. The van der Waals surface area contributed by atoms with Crippen molar-refractivity contribution in [1.82, 2.24) is 10.5 Å². The van der Waals surface area contributed by atoms with Gasteiger partial charge < -0.3 is 14.9 Å². The summed E-state index contributed by atoms with van der Waals surface area (Å²) in [6.07, 6.45) is 1.27. The topological polar surface area (TPSA) is 92.4 Å². The number of aliphatic carboxylic acids is 1. The minimum atomic E-state index is -1.15. The van der Waals surface area contributed by atoms with Gasteiger partial charge in [0.2, 0.25) is 0 Å². The Morgan fingerprint density at radius 1 is 1.12 bits per heavy atom. The van der Waals surface area contributed by atoms with Crippen LogP contribution in [0.2, 0.25) is 0 Å². The third kappa shape index (κ3) is 3.94. The van der Waals surface area contributed by atoms with Gasteiger partial charge in [0.05, 0.1) is 0 Å². The highest BCUT2D eigenvalue weighted by molar-refractivity contribution is 6.01. The lowest BCUT2D eigenvalue weighted by Gasteiger charge is -2.14. The molecule has 1 aromatic heterocycles. The van der Waals surface area contributed by atoms with E-state index in [2.05, 4.69) is 10.5 Å². The molecule has 1 heterocycles. The number of carbonyl (C=O) groups excluding carboxylic acids is 1. The van der Waals surface area contributed by atoms with Crippen LogP contribution in [0.4, 0.5) is 4.39 Å². The van der Waals surface area contributed by atoms with Gasteiger partial charge in [0.25, 0.3) is 5.91 Å². The fourth-order valence-corrected chi connectivity index (χ4v) is 2.50. The SMILES string of the molecule is O=C(N[C@@H](Cc1ccccc1)C(=O)O)c1conc1-c1ccc(F)cc1. The van der Waals surface area contributed by atoms with Crippen LogP contribution in [-0.2, 0) is 11.2 Å². The fraction of sp³-hybridized carbons (Fsp3) is 0.105. The third-order valence-electron chi connectivity index (χ3n) is 3.82. The average molecular weight is 354 g/mol. The van der Waals surface area contributed by atoms with Crippen LogP contribution >= 0.6 is 0 Å². The predicted molar refractivity (Wildman–Crippen MR) is 90.9 cm³/mol. The first-order valence-corrected chi connectivity index (χ1v) is 7.82. The van der Waals surface area contributed by atoms with Crippen LogP contribution in [0.15, 0.2) is 65.4 Å². The molecule has 2 N–H and O–H groups in total. The number of nitrogens with one attached hydrogen (secondary N) is 1. The molecule has 26 heavy (non-hydrogen) atoms. The van der Waals surface area contributed by atoms with Gasteiger partial charge >= 0.3 is 5.97 Å². The van der Waals surface area contributed by atoms with E-state index in [0.717, 1.165) is 11.8 Å². The first kappa shape index (κ1) is 17.3. The second kappa shape index (κ2) is 7.60. The Kier molecular flexibility index (Phi) is 5.07. The number of carboxylic acid groups (broad SMARTS) is 1. The van der Waals surface area contributed by atoms with Crippen LogP contribution in [0.1, 0.15) is 15.9 Å². The van der Waals surface area contributed by atoms with Crippen LogP contribution in [0.3, 0.4) is 0 Å². The summed E-state index contributed by atoms with van der Waals surface area (Å²) in [6.45, 7) is 0. The number of carboxylic acids is 1. The summed E-state index contributed by atoms with van der Waals surface area (Å²) in [5, 5.41) is 15.6. The summed E-state index contributed by atoms with van der Waals surface area (Å²) in [4.78, 5) is 24.0. The Hall–Kier alpha value is -3.48. The molecule has 7 heteroatoms. The molecule has 3 rings (SSSR count). The zero-order valence-electron chi connectivity index (χ0n) is 13.6. The smallest absolute Gasteiger partial charge is 0.326 e. The van der Waals surface area contributed by atoms with Crippen LogP contribution in [-0.4, -0.2) is 28.2 Å². The van der Waals surface area contributed by atoms with Gasteiger partial charge in [0.15, 0.2) is 0 Å². The zero-order valence-corrected chi connectivity index (χ0v) is 13.6. The second-order valence-electron chi connectivity index (χ2n) is 5.64. The molecule has 3 aromatic rings. The minimum absolute atomic E-state index is 0.0796. The summed E-state index contributed by atoms with van der Waals surface area (Å²) in [6, 6.07) is 13.3. The summed E-state index contributed by atoms with van der Waals surface area (Å²) in [5.74, 6) is -2.20. The number of nitrogens with zero attached hydrogens (tertiary/aromatic N) is 1. The van der Waals surface area contributed by atoms with E-state index in [1.54, 1.807) is 24.3 Å². The van der Waals surface area contributed by atoms with E-state index < -0.39 is 23.7 Å². The van der Waals surface area contributed by atoms with E-state index in [1.807, 2.05) is 6.07 Å². The Balaban J connectivity index is 1.79. The second-order valence-corrected chi connectivity index (χ2v) is 5.64. The maximum atomic E-state index is 13.1. The largest absolute Gasteiger partial charge is 0.480 e. The first-order valence-electron chi connectivity index (χ1n) is 7.82. The number of hydrogen-bond acceptors (Lipinski definition) is 4. The highest BCUT2D eigenvalue weighted by Gasteiger charge is 2.24. The van der Waals surface area contributed by atoms with Crippen LogP contribution in [0.25, 0.3) is 11.3 Å². The number of hydrogen-bond donors (Lipinski definition) is 2. The van der Waals surface area contributed by atoms with Crippen molar-refractivity contribution < 1.29 is 23.6 Å². The number of benzene rings is 2. The molecule has 6 nitrogen and oxygen atoms in total. The molecule has 0 aliphatic heterocycles. The Bertz CT molecular complexity index is 907.